The Hall–Kier alpha value is -3.78. The van der Waals surface area contributed by atoms with Crippen molar-refractivity contribution in [3.05, 3.63) is 89.3 Å². The van der Waals surface area contributed by atoms with Gasteiger partial charge in [-0.25, -0.2) is 15.0 Å². The third-order valence-electron chi connectivity index (χ3n) is 5.47. The minimum Gasteiger partial charge on any atom is -0.431 e. The molecular weight excluding hydrogens is 410 g/mol. The number of oxazole rings is 1. The number of imidazole rings is 1. The fraction of sp³-hybridized carbons (Fsp3) is 0.130. The van der Waals surface area contributed by atoms with Crippen LogP contribution in [0, 0.1) is 0 Å². The van der Waals surface area contributed by atoms with E-state index in [-0.39, 0.29) is 17.7 Å². The van der Waals surface area contributed by atoms with Crippen LogP contribution in [0.15, 0.2) is 71.5 Å². The molecule has 1 atom stereocenters. The molecule has 0 saturated carbocycles. The second kappa shape index (κ2) is 7.17. The first-order chi connectivity index (χ1) is 15.3. The monoisotopic (exact) mass is 427 g/mol. The molecule has 0 aliphatic carbocycles. The first kappa shape index (κ1) is 18.0. The number of benzene rings is 2. The average Bonchev–Trinajstić information content (AvgIpc) is 3.57. The smallest absolute Gasteiger partial charge is 0.292 e. The third-order valence-corrected chi connectivity index (χ3v) is 6.56. The molecular formula is C23H17N5O2S. The number of carbonyl (C=O) groups is 1. The molecule has 31 heavy (non-hydrogen) atoms. The molecule has 8 heteroatoms. The molecule has 152 valence electrons. The second-order valence-corrected chi connectivity index (χ2v) is 8.40. The fourth-order valence-electron chi connectivity index (χ4n) is 3.98. The molecule has 2 aromatic carbocycles. The third kappa shape index (κ3) is 3.03. The van der Waals surface area contributed by atoms with Crippen molar-refractivity contribution in [2.24, 2.45) is 0 Å². The van der Waals surface area contributed by atoms with Crippen LogP contribution in [0.1, 0.15) is 33.0 Å². The number of para-hydroxylation sites is 1. The molecule has 1 aliphatic rings. The fourth-order valence-corrected chi connectivity index (χ4v) is 5.07. The standard InChI is InChI=1S/C23H17N5O2S/c29-23(17-12-24-21(30-17)14-6-2-1-3-7-14)28-11-10-16-19(26-13-25-16)20(28)22-27-15-8-4-5-9-18(15)31-22/h1-9,12-13,20H,10-11H2,(H,25,26)/t20-/m0/s1. The van der Waals surface area contributed by atoms with Gasteiger partial charge in [-0.3, -0.25) is 4.79 Å². The Morgan fingerprint density at radius 2 is 1.94 bits per heavy atom. The minimum absolute atomic E-state index is 0.212. The van der Waals surface area contributed by atoms with E-state index in [1.165, 1.54) is 6.20 Å². The van der Waals surface area contributed by atoms with E-state index in [9.17, 15) is 4.79 Å². The maximum atomic E-state index is 13.5. The molecule has 1 aliphatic heterocycles. The highest BCUT2D eigenvalue weighted by atomic mass is 32.1. The van der Waals surface area contributed by atoms with E-state index in [1.54, 1.807) is 22.6 Å². The van der Waals surface area contributed by atoms with Gasteiger partial charge in [-0.2, -0.15) is 0 Å². The summed E-state index contributed by atoms with van der Waals surface area (Å²) in [6.45, 7) is 0.538. The molecule has 1 N–H and O–H groups in total. The van der Waals surface area contributed by atoms with Gasteiger partial charge in [-0.1, -0.05) is 30.3 Å². The molecule has 0 spiro atoms. The SMILES string of the molecule is O=C(c1cnc(-c2ccccc2)o1)N1CCc2[nH]cnc2[C@H]1c1nc2ccccc2s1. The molecule has 7 nitrogen and oxygen atoms in total. The van der Waals surface area contributed by atoms with E-state index in [0.717, 1.165) is 32.2 Å². The lowest BCUT2D eigenvalue weighted by atomic mass is 10.0. The Labute approximate surface area is 181 Å². The molecule has 4 heterocycles. The minimum atomic E-state index is -0.370. The van der Waals surface area contributed by atoms with Crippen molar-refractivity contribution in [2.75, 3.05) is 6.54 Å². The Balaban J connectivity index is 1.40. The van der Waals surface area contributed by atoms with Gasteiger partial charge in [-0.05, 0) is 24.3 Å². The van der Waals surface area contributed by atoms with Crippen LogP contribution in [-0.4, -0.2) is 37.3 Å². The zero-order valence-electron chi connectivity index (χ0n) is 16.4. The number of rotatable bonds is 3. The van der Waals surface area contributed by atoms with E-state index in [1.807, 2.05) is 54.6 Å². The van der Waals surface area contributed by atoms with Crippen molar-refractivity contribution in [1.29, 1.82) is 0 Å². The molecule has 0 fully saturated rings. The van der Waals surface area contributed by atoms with Crippen molar-refractivity contribution in [3.63, 3.8) is 0 Å². The summed E-state index contributed by atoms with van der Waals surface area (Å²) in [5.41, 5.74) is 3.62. The van der Waals surface area contributed by atoms with Crippen LogP contribution < -0.4 is 0 Å². The van der Waals surface area contributed by atoms with Gasteiger partial charge in [0.25, 0.3) is 5.91 Å². The van der Waals surface area contributed by atoms with Crippen molar-refractivity contribution in [3.8, 4) is 11.5 Å². The zero-order valence-corrected chi connectivity index (χ0v) is 17.2. The largest absolute Gasteiger partial charge is 0.431 e. The molecule has 0 radical (unpaired) electrons. The summed E-state index contributed by atoms with van der Waals surface area (Å²) >= 11 is 1.58. The summed E-state index contributed by atoms with van der Waals surface area (Å²) in [5.74, 6) is 0.425. The Bertz CT molecular complexity index is 1350. The quantitative estimate of drug-likeness (QED) is 0.459. The number of hydrogen-bond acceptors (Lipinski definition) is 6. The average molecular weight is 427 g/mol. The number of H-pyrrole nitrogens is 1. The highest BCUT2D eigenvalue weighted by molar-refractivity contribution is 7.18. The maximum absolute atomic E-state index is 13.5. The summed E-state index contributed by atoms with van der Waals surface area (Å²) in [5, 5.41) is 0.838. The summed E-state index contributed by atoms with van der Waals surface area (Å²) in [6.07, 6.45) is 3.88. The number of fused-ring (bicyclic) bond motifs is 2. The van der Waals surface area contributed by atoms with Crippen molar-refractivity contribution < 1.29 is 9.21 Å². The summed E-state index contributed by atoms with van der Waals surface area (Å²) in [7, 11) is 0. The highest BCUT2D eigenvalue weighted by Crippen LogP contribution is 2.38. The summed E-state index contributed by atoms with van der Waals surface area (Å²) < 4.78 is 6.93. The maximum Gasteiger partial charge on any atom is 0.292 e. The van der Waals surface area contributed by atoms with Gasteiger partial charge in [0, 0.05) is 24.2 Å². The Kier molecular flexibility index (Phi) is 4.17. The summed E-state index contributed by atoms with van der Waals surface area (Å²) in [4.78, 5) is 32.2. The van der Waals surface area contributed by atoms with E-state index in [2.05, 4.69) is 15.0 Å². The first-order valence-electron chi connectivity index (χ1n) is 9.98. The Morgan fingerprint density at radius 3 is 2.81 bits per heavy atom. The lowest BCUT2D eigenvalue weighted by Gasteiger charge is -2.33. The van der Waals surface area contributed by atoms with Crippen LogP contribution in [-0.2, 0) is 6.42 Å². The highest BCUT2D eigenvalue weighted by Gasteiger charge is 2.37. The van der Waals surface area contributed by atoms with Gasteiger partial charge < -0.3 is 14.3 Å². The molecule has 0 bridgehead atoms. The van der Waals surface area contributed by atoms with E-state index in [4.69, 9.17) is 9.40 Å². The molecule has 6 rings (SSSR count). The lowest BCUT2D eigenvalue weighted by Crippen LogP contribution is -2.40. The van der Waals surface area contributed by atoms with Gasteiger partial charge in [0.2, 0.25) is 11.7 Å². The first-order valence-corrected chi connectivity index (χ1v) is 10.8. The predicted octanol–water partition coefficient (Wildman–Crippen LogP) is 4.46. The number of thiazole rings is 1. The van der Waals surface area contributed by atoms with E-state index in [0.29, 0.717) is 18.9 Å². The van der Waals surface area contributed by atoms with Gasteiger partial charge in [-0.15, -0.1) is 11.3 Å². The van der Waals surface area contributed by atoms with Gasteiger partial charge in [0.1, 0.15) is 11.0 Å². The number of aromatic nitrogens is 4. The normalized spacial score (nSPS) is 15.9. The molecule has 0 unspecified atom stereocenters. The van der Waals surface area contributed by atoms with Crippen molar-refractivity contribution >= 4 is 27.5 Å². The zero-order chi connectivity index (χ0) is 20.8. The lowest BCUT2D eigenvalue weighted by molar-refractivity contribution is 0.0659. The number of carbonyl (C=O) groups excluding carboxylic acids is 1. The number of amides is 1. The van der Waals surface area contributed by atoms with Gasteiger partial charge >= 0.3 is 0 Å². The van der Waals surface area contributed by atoms with Gasteiger partial charge in [0.15, 0.2) is 0 Å². The van der Waals surface area contributed by atoms with Gasteiger partial charge in [0.05, 0.1) is 28.4 Å². The number of aromatic amines is 1. The van der Waals surface area contributed by atoms with Crippen LogP contribution in [0.2, 0.25) is 0 Å². The predicted molar refractivity (Wildman–Crippen MR) is 117 cm³/mol. The molecule has 0 saturated heterocycles. The topological polar surface area (TPSA) is 87.9 Å². The second-order valence-electron chi connectivity index (χ2n) is 7.33. The van der Waals surface area contributed by atoms with Crippen molar-refractivity contribution in [2.45, 2.75) is 12.5 Å². The molecule has 5 aromatic rings. The molecule has 1 amide bonds. The van der Waals surface area contributed by atoms with E-state index >= 15 is 0 Å². The summed E-state index contributed by atoms with van der Waals surface area (Å²) in [6, 6.07) is 17.2. The number of hydrogen-bond donors (Lipinski definition) is 1. The van der Waals surface area contributed by atoms with Crippen LogP contribution >= 0.6 is 11.3 Å². The Morgan fingerprint density at radius 1 is 1.10 bits per heavy atom. The number of nitrogens with one attached hydrogen (secondary N) is 1. The van der Waals surface area contributed by atoms with Crippen LogP contribution in [0.3, 0.4) is 0 Å². The van der Waals surface area contributed by atoms with Crippen LogP contribution in [0.25, 0.3) is 21.7 Å². The van der Waals surface area contributed by atoms with Crippen LogP contribution in [0.5, 0.6) is 0 Å². The number of nitrogens with zero attached hydrogens (tertiary/aromatic N) is 4. The van der Waals surface area contributed by atoms with Crippen molar-refractivity contribution in [1.82, 2.24) is 24.8 Å². The molecule has 3 aromatic heterocycles. The van der Waals surface area contributed by atoms with E-state index < -0.39 is 0 Å². The van der Waals surface area contributed by atoms with Crippen LogP contribution in [0.4, 0.5) is 0 Å².